The predicted molar refractivity (Wildman–Crippen MR) is 102 cm³/mol. The Hall–Kier alpha value is -3.23. The van der Waals surface area contributed by atoms with Crippen LogP contribution in [-0.2, 0) is 4.79 Å². The topological polar surface area (TPSA) is 102 Å². The average Bonchev–Trinajstić information content (AvgIpc) is 3.20. The van der Waals surface area contributed by atoms with Crippen LogP contribution in [0.1, 0.15) is 31.1 Å². The Bertz CT molecular complexity index is 894. The average molecular weight is 385 g/mol. The van der Waals surface area contributed by atoms with Crippen LogP contribution in [0.5, 0.6) is 0 Å². The number of piperazine rings is 1. The molecule has 28 heavy (non-hydrogen) atoms. The Labute approximate surface area is 162 Å². The smallest absolute Gasteiger partial charge is 0.294 e. The minimum absolute atomic E-state index is 0.0555. The molecule has 148 valence electrons. The minimum Gasteiger partial charge on any atom is -0.339 e. The van der Waals surface area contributed by atoms with Crippen molar-refractivity contribution in [1.29, 1.82) is 0 Å². The van der Waals surface area contributed by atoms with Crippen molar-refractivity contribution in [3.63, 3.8) is 0 Å². The van der Waals surface area contributed by atoms with E-state index < -0.39 is 10.3 Å². The Morgan fingerprint density at radius 2 is 1.75 bits per heavy atom. The predicted octanol–water partition coefficient (Wildman–Crippen LogP) is 2.11. The van der Waals surface area contributed by atoms with E-state index in [1.54, 1.807) is 28.1 Å². The molecule has 1 fully saturated rings. The molecule has 1 saturated heterocycles. The fourth-order valence-electron chi connectivity index (χ4n) is 3.19. The highest BCUT2D eigenvalue weighted by Crippen LogP contribution is 2.25. The number of hydrogen-bond acceptors (Lipinski definition) is 5. The molecular weight excluding hydrogens is 362 g/mol. The molecule has 1 aromatic carbocycles. The molecule has 2 amide bonds. The molecule has 9 heteroatoms. The number of aromatic nitrogens is 2. The second kappa shape index (κ2) is 7.41. The SMILES string of the molecule is CC(C)(C)C(=O)N1CCN(C(=O)c2ccc(-n3ccnc3)c([N+](=O)[O-])c2)CC1. The Balaban J connectivity index is 1.76. The molecule has 0 saturated carbocycles. The van der Waals surface area contributed by atoms with E-state index in [0.717, 1.165) is 0 Å². The highest BCUT2D eigenvalue weighted by Gasteiger charge is 2.31. The van der Waals surface area contributed by atoms with E-state index in [9.17, 15) is 19.7 Å². The number of benzene rings is 1. The highest BCUT2D eigenvalue weighted by atomic mass is 16.6. The molecule has 0 N–H and O–H groups in total. The monoisotopic (exact) mass is 385 g/mol. The summed E-state index contributed by atoms with van der Waals surface area (Å²) < 4.78 is 1.53. The van der Waals surface area contributed by atoms with Crippen LogP contribution in [0.3, 0.4) is 0 Å². The first-order valence-corrected chi connectivity index (χ1v) is 9.04. The third-order valence-electron chi connectivity index (χ3n) is 4.70. The van der Waals surface area contributed by atoms with Gasteiger partial charge in [-0.2, -0.15) is 0 Å². The molecule has 3 rings (SSSR count). The number of nitro benzene ring substituents is 1. The molecule has 0 bridgehead atoms. The van der Waals surface area contributed by atoms with Crippen molar-refractivity contribution in [1.82, 2.24) is 19.4 Å². The van der Waals surface area contributed by atoms with Gasteiger partial charge in [0.05, 0.1) is 11.3 Å². The largest absolute Gasteiger partial charge is 0.339 e. The first kappa shape index (κ1) is 19.5. The van der Waals surface area contributed by atoms with E-state index in [0.29, 0.717) is 31.9 Å². The third kappa shape index (κ3) is 3.88. The van der Waals surface area contributed by atoms with Gasteiger partial charge in [-0.3, -0.25) is 19.7 Å². The second-order valence-corrected chi connectivity index (χ2v) is 7.76. The molecule has 0 radical (unpaired) electrons. The van der Waals surface area contributed by atoms with Crippen molar-refractivity contribution in [2.75, 3.05) is 26.2 Å². The molecule has 9 nitrogen and oxygen atoms in total. The molecule has 1 aliphatic rings. The number of imidazole rings is 1. The Kier molecular flexibility index (Phi) is 5.17. The van der Waals surface area contributed by atoms with Gasteiger partial charge in [0.15, 0.2) is 0 Å². The lowest BCUT2D eigenvalue weighted by atomic mass is 9.94. The van der Waals surface area contributed by atoms with Gasteiger partial charge in [-0.15, -0.1) is 0 Å². The van der Waals surface area contributed by atoms with Crippen molar-refractivity contribution >= 4 is 17.5 Å². The van der Waals surface area contributed by atoms with E-state index in [-0.39, 0.29) is 23.1 Å². The maximum Gasteiger partial charge on any atom is 0.294 e. The van der Waals surface area contributed by atoms with Crippen LogP contribution in [0, 0.1) is 15.5 Å². The summed E-state index contributed by atoms with van der Waals surface area (Å²) in [6, 6.07) is 4.42. The van der Waals surface area contributed by atoms with Crippen LogP contribution in [0.4, 0.5) is 5.69 Å². The van der Waals surface area contributed by atoms with E-state index >= 15 is 0 Å². The fourth-order valence-corrected chi connectivity index (χ4v) is 3.19. The summed E-state index contributed by atoms with van der Waals surface area (Å²) in [6.45, 7) is 7.32. The number of carbonyl (C=O) groups excluding carboxylic acids is 2. The first-order valence-electron chi connectivity index (χ1n) is 9.04. The van der Waals surface area contributed by atoms with Crippen LogP contribution in [0.25, 0.3) is 5.69 Å². The molecule has 2 aromatic rings. The summed E-state index contributed by atoms with van der Waals surface area (Å²) in [5.41, 5.74) is -0.0214. The number of amides is 2. The molecular formula is C19H23N5O4. The van der Waals surface area contributed by atoms with Crippen LogP contribution >= 0.6 is 0 Å². The van der Waals surface area contributed by atoms with Gasteiger partial charge < -0.3 is 14.4 Å². The number of hydrogen-bond donors (Lipinski definition) is 0. The van der Waals surface area contributed by atoms with E-state index in [2.05, 4.69) is 4.98 Å². The van der Waals surface area contributed by atoms with Gasteiger partial charge in [0.2, 0.25) is 5.91 Å². The number of rotatable bonds is 3. The van der Waals surface area contributed by atoms with Gasteiger partial charge in [0.1, 0.15) is 5.69 Å². The van der Waals surface area contributed by atoms with Crippen LogP contribution in [-0.4, -0.2) is 62.3 Å². The molecule has 0 aliphatic carbocycles. The van der Waals surface area contributed by atoms with Crippen molar-refractivity contribution in [2.45, 2.75) is 20.8 Å². The zero-order valence-corrected chi connectivity index (χ0v) is 16.2. The van der Waals surface area contributed by atoms with Gasteiger partial charge in [0.25, 0.3) is 11.6 Å². The van der Waals surface area contributed by atoms with Crippen molar-refractivity contribution in [3.8, 4) is 5.69 Å². The van der Waals surface area contributed by atoms with E-state index in [1.165, 1.54) is 23.2 Å². The first-order chi connectivity index (χ1) is 13.2. The molecule has 2 heterocycles. The van der Waals surface area contributed by atoms with Gasteiger partial charge in [0, 0.05) is 55.6 Å². The maximum absolute atomic E-state index is 12.8. The minimum atomic E-state index is -0.508. The van der Waals surface area contributed by atoms with E-state index in [4.69, 9.17) is 0 Å². The molecule has 1 aromatic heterocycles. The Morgan fingerprint density at radius 3 is 2.29 bits per heavy atom. The van der Waals surface area contributed by atoms with Gasteiger partial charge in [-0.1, -0.05) is 20.8 Å². The standard InChI is InChI=1S/C19H23N5O4/c1-19(2,3)18(26)22-10-8-21(9-11-22)17(25)14-4-5-15(16(12-14)24(27)28)23-7-6-20-13-23/h4-7,12-13H,8-11H2,1-3H3. The van der Waals surface area contributed by atoms with Gasteiger partial charge >= 0.3 is 0 Å². The zero-order valence-electron chi connectivity index (χ0n) is 16.2. The quantitative estimate of drug-likeness (QED) is 0.595. The van der Waals surface area contributed by atoms with Crippen molar-refractivity contribution < 1.29 is 14.5 Å². The number of nitro groups is 1. The normalized spacial score (nSPS) is 14.8. The lowest BCUT2D eigenvalue weighted by Gasteiger charge is -2.37. The second-order valence-electron chi connectivity index (χ2n) is 7.76. The van der Waals surface area contributed by atoms with Crippen LogP contribution in [0.2, 0.25) is 0 Å². The van der Waals surface area contributed by atoms with Crippen molar-refractivity contribution in [2.24, 2.45) is 5.41 Å². The highest BCUT2D eigenvalue weighted by molar-refractivity contribution is 5.95. The lowest BCUT2D eigenvalue weighted by Crippen LogP contribution is -2.53. The summed E-state index contributed by atoms with van der Waals surface area (Å²) in [5, 5.41) is 11.5. The summed E-state index contributed by atoms with van der Waals surface area (Å²) in [4.78, 5) is 43.5. The molecule has 0 spiro atoms. The van der Waals surface area contributed by atoms with Crippen LogP contribution < -0.4 is 0 Å². The van der Waals surface area contributed by atoms with Crippen LogP contribution in [0.15, 0.2) is 36.9 Å². The van der Waals surface area contributed by atoms with E-state index in [1.807, 2.05) is 20.8 Å². The zero-order chi connectivity index (χ0) is 20.5. The Morgan fingerprint density at radius 1 is 1.11 bits per heavy atom. The summed E-state index contributed by atoms with van der Waals surface area (Å²) in [6.07, 6.45) is 4.60. The number of nitrogens with zero attached hydrogens (tertiary/aromatic N) is 5. The fraction of sp³-hybridized carbons (Fsp3) is 0.421. The van der Waals surface area contributed by atoms with Crippen molar-refractivity contribution in [3.05, 3.63) is 52.6 Å². The molecule has 0 unspecified atom stereocenters. The summed E-state index contributed by atoms with van der Waals surface area (Å²) in [5.74, 6) is -0.219. The third-order valence-corrected chi connectivity index (χ3v) is 4.70. The van der Waals surface area contributed by atoms with Gasteiger partial charge in [-0.25, -0.2) is 4.98 Å². The molecule has 1 aliphatic heterocycles. The summed E-state index contributed by atoms with van der Waals surface area (Å²) >= 11 is 0. The van der Waals surface area contributed by atoms with Gasteiger partial charge in [-0.05, 0) is 12.1 Å². The maximum atomic E-state index is 12.8. The summed E-state index contributed by atoms with van der Waals surface area (Å²) in [7, 11) is 0. The molecule has 0 atom stereocenters. The lowest BCUT2D eigenvalue weighted by molar-refractivity contribution is -0.384. The number of carbonyl (C=O) groups is 2.